The Morgan fingerprint density at radius 2 is 1.87 bits per heavy atom. The third kappa shape index (κ3) is 6.77. The number of thiophene rings is 1. The van der Waals surface area contributed by atoms with E-state index >= 15 is 0 Å². The van der Waals surface area contributed by atoms with Gasteiger partial charge < -0.3 is 15.4 Å². The topological polar surface area (TPSA) is 65.5 Å². The van der Waals surface area contributed by atoms with Crippen LogP contribution in [0.15, 0.2) is 40.2 Å². The fourth-order valence-corrected chi connectivity index (χ4v) is 5.71. The molecule has 1 unspecified atom stereocenters. The summed E-state index contributed by atoms with van der Waals surface area (Å²) in [4.78, 5) is 6.29. The van der Waals surface area contributed by atoms with Crippen molar-refractivity contribution in [2.24, 2.45) is 11.7 Å². The van der Waals surface area contributed by atoms with Crippen molar-refractivity contribution in [1.82, 2.24) is 9.80 Å². The van der Waals surface area contributed by atoms with Crippen LogP contribution in [0.1, 0.15) is 37.1 Å². The molecule has 31 heavy (non-hydrogen) atoms. The van der Waals surface area contributed by atoms with E-state index in [1.54, 1.807) is 23.5 Å². The molecule has 0 spiro atoms. The van der Waals surface area contributed by atoms with Gasteiger partial charge in [-0.05, 0) is 71.6 Å². The van der Waals surface area contributed by atoms with E-state index < -0.39 is 0 Å². The molecule has 0 amide bonds. The first-order chi connectivity index (χ1) is 14.9. The van der Waals surface area contributed by atoms with Gasteiger partial charge in [0.05, 0.1) is 21.0 Å². The predicted octanol–water partition coefficient (Wildman–Crippen LogP) is 4.67. The van der Waals surface area contributed by atoms with E-state index in [-0.39, 0.29) is 5.54 Å². The molecule has 1 aliphatic heterocycles. The summed E-state index contributed by atoms with van der Waals surface area (Å²) in [5.41, 5.74) is 7.25. The zero-order valence-corrected chi connectivity index (χ0v) is 20.9. The second-order valence-corrected chi connectivity index (χ2v) is 11.0. The molecule has 2 N–H and O–H groups in total. The third-order valence-corrected chi connectivity index (χ3v) is 8.05. The number of hydrogen-bond donors (Lipinski definition) is 1. The zero-order chi connectivity index (χ0) is 22.3. The summed E-state index contributed by atoms with van der Waals surface area (Å²) < 4.78 is 6.97. The number of benzene rings is 1. The highest BCUT2D eigenvalue weighted by molar-refractivity contribution is 9.11. The van der Waals surface area contributed by atoms with Crippen LogP contribution in [0.3, 0.4) is 0 Å². The fourth-order valence-electron chi connectivity index (χ4n) is 4.04. The minimum Gasteiger partial charge on any atom is -0.492 e. The fraction of sp³-hybridized carbons (Fsp3) is 0.542. The van der Waals surface area contributed by atoms with Gasteiger partial charge in [-0.15, -0.1) is 11.3 Å². The summed E-state index contributed by atoms with van der Waals surface area (Å²) in [6, 6.07) is 13.8. The summed E-state index contributed by atoms with van der Waals surface area (Å²) in [6.07, 6.45) is 2.12. The molecule has 0 aliphatic carbocycles. The lowest BCUT2D eigenvalue weighted by molar-refractivity contribution is 0.113. The minimum absolute atomic E-state index is 0.251. The van der Waals surface area contributed by atoms with E-state index in [0.717, 1.165) is 61.6 Å². The molecule has 1 aliphatic rings. The van der Waals surface area contributed by atoms with Crippen LogP contribution in [0.2, 0.25) is 0 Å². The number of halogens is 1. The van der Waals surface area contributed by atoms with Gasteiger partial charge in [0, 0.05) is 37.6 Å². The van der Waals surface area contributed by atoms with Crippen LogP contribution in [-0.2, 0) is 5.54 Å². The normalized spacial score (nSPS) is 17.4. The second kappa shape index (κ2) is 11.4. The highest BCUT2D eigenvalue weighted by Gasteiger charge is 2.32. The molecule has 2 aromatic rings. The Hall–Kier alpha value is -1.43. The van der Waals surface area contributed by atoms with Crippen LogP contribution >= 0.6 is 27.3 Å². The SMILES string of the molecule is CC(C)C(N)(CCCN1CCN(CCOc2cccc(C#N)c2)CC1)c1ccc(Br)s1. The molecule has 0 radical (unpaired) electrons. The maximum atomic E-state index is 8.98. The lowest BCUT2D eigenvalue weighted by Crippen LogP contribution is -2.48. The molecular formula is C24H33BrN4OS. The van der Waals surface area contributed by atoms with E-state index in [1.807, 2.05) is 12.1 Å². The van der Waals surface area contributed by atoms with Crippen LogP contribution in [-0.4, -0.2) is 55.7 Å². The number of nitriles is 1. The van der Waals surface area contributed by atoms with Gasteiger partial charge in [-0.25, -0.2) is 0 Å². The predicted molar refractivity (Wildman–Crippen MR) is 131 cm³/mol. The van der Waals surface area contributed by atoms with Crippen molar-refractivity contribution in [2.45, 2.75) is 32.2 Å². The van der Waals surface area contributed by atoms with Crippen LogP contribution in [0, 0.1) is 17.2 Å². The first kappa shape index (κ1) is 24.2. The molecule has 0 saturated carbocycles. The average molecular weight is 506 g/mol. The van der Waals surface area contributed by atoms with Crippen molar-refractivity contribution in [3.05, 3.63) is 50.6 Å². The summed E-state index contributed by atoms with van der Waals surface area (Å²) in [5, 5.41) is 8.98. The smallest absolute Gasteiger partial charge is 0.120 e. The summed E-state index contributed by atoms with van der Waals surface area (Å²) in [7, 11) is 0. The molecule has 2 heterocycles. The number of nitrogens with zero attached hydrogens (tertiary/aromatic N) is 3. The first-order valence-corrected chi connectivity index (χ1v) is 12.6. The van der Waals surface area contributed by atoms with Gasteiger partial charge >= 0.3 is 0 Å². The summed E-state index contributed by atoms with van der Waals surface area (Å²) in [6.45, 7) is 11.4. The molecule has 0 bridgehead atoms. The standard InChI is InChI=1S/C24H33BrN4OS/c1-19(2)24(27,22-7-8-23(25)31-22)9-4-10-28-11-13-29(14-12-28)15-16-30-21-6-3-5-20(17-21)18-26/h3,5-8,17,19H,4,9-16,27H2,1-2H3. The average Bonchev–Trinajstić information content (AvgIpc) is 3.21. The molecule has 1 aromatic heterocycles. The van der Waals surface area contributed by atoms with E-state index in [9.17, 15) is 0 Å². The highest BCUT2D eigenvalue weighted by atomic mass is 79.9. The Bertz CT molecular complexity index is 872. The van der Waals surface area contributed by atoms with Crippen LogP contribution in [0.4, 0.5) is 0 Å². The Kier molecular flexibility index (Phi) is 8.94. The lowest BCUT2D eigenvalue weighted by Gasteiger charge is -2.36. The molecule has 3 rings (SSSR count). The largest absolute Gasteiger partial charge is 0.492 e. The number of rotatable bonds is 10. The number of ether oxygens (including phenoxy) is 1. The second-order valence-electron chi connectivity index (χ2n) is 8.57. The lowest BCUT2D eigenvalue weighted by atomic mass is 9.82. The van der Waals surface area contributed by atoms with Crippen LogP contribution < -0.4 is 10.5 Å². The first-order valence-electron chi connectivity index (χ1n) is 11.0. The van der Waals surface area contributed by atoms with Crippen molar-refractivity contribution < 1.29 is 4.74 Å². The molecule has 168 valence electrons. The maximum Gasteiger partial charge on any atom is 0.120 e. The molecule has 7 heteroatoms. The Morgan fingerprint density at radius 1 is 1.16 bits per heavy atom. The van der Waals surface area contributed by atoms with Crippen molar-refractivity contribution in [1.29, 1.82) is 5.26 Å². The zero-order valence-electron chi connectivity index (χ0n) is 18.5. The minimum atomic E-state index is -0.251. The van der Waals surface area contributed by atoms with E-state index in [0.29, 0.717) is 18.1 Å². The van der Waals surface area contributed by atoms with Crippen molar-refractivity contribution >= 4 is 27.3 Å². The van der Waals surface area contributed by atoms with Gasteiger partial charge in [0.25, 0.3) is 0 Å². The Balaban J connectivity index is 1.36. The van der Waals surface area contributed by atoms with Gasteiger partial charge in [-0.3, -0.25) is 4.90 Å². The van der Waals surface area contributed by atoms with Crippen LogP contribution in [0.25, 0.3) is 0 Å². The quantitative estimate of drug-likeness (QED) is 0.509. The van der Waals surface area contributed by atoms with Gasteiger partial charge in [0.2, 0.25) is 0 Å². The number of hydrogen-bond acceptors (Lipinski definition) is 6. The van der Waals surface area contributed by atoms with Gasteiger partial charge in [-0.1, -0.05) is 19.9 Å². The van der Waals surface area contributed by atoms with Gasteiger partial charge in [-0.2, -0.15) is 5.26 Å². The van der Waals surface area contributed by atoms with Crippen molar-refractivity contribution in [3.63, 3.8) is 0 Å². The molecular weight excluding hydrogens is 472 g/mol. The summed E-state index contributed by atoms with van der Waals surface area (Å²) >= 11 is 5.34. The monoisotopic (exact) mass is 504 g/mol. The molecule has 1 fully saturated rings. The van der Waals surface area contributed by atoms with Crippen molar-refractivity contribution in [2.75, 3.05) is 45.9 Å². The van der Waals surface area contributed by atoms with E-state index in [1.165, 1.54) is 4.88 Å². The maximum absolute atomic E-state index is 8.98. The number of nitrogens with two attached hydrogens (primary N) is 1. The molecule has 1 aromatic carbocycles. The Morgan fingerprint density at radius 3 is 2.48 bits per heavy atom. The summed E-state index contributed by atoms with van der Waals surface area (Å²) in [5.74, 6) is 1.18. The molecule has 1 atom stereocenters. The van der Waals surface area contributed by atoms with Crippen LogP contribution in [0.5, 0.6) is 5.75 Å². The molecule has 5 nitrogen and oxygen atoms in total. The van der Waals surface area contributed by atoms with E-state index in [2.05, 4.69) is 57.8 Å². The number of piperazine rings is 1. The third-order valence-electron chi connectivity index (χ3n) is 6.23. The molecule has 1 saturated heterocycles. The van der Waals surface area contributed by atoms with E-state index in [4.69, 9.17) is 15.7 Å². The van der Waals surface area contributed by atoms with Crippen molar-refractivity contribution in [3.8, 4) is 11.8 Å². The van der Waals surface area contributed by atoms with Gasteiger partial charge in [0.15, 0.2) is 0 Å². The van der Waals surface area contributed by atoms with Gasteiger partial charge in [0.1, 0.15) is 12.4 Å². The highest BCUT2D eigenvalue weighted by Crippen LogP contribution is 2.37. The Labute approximate surface area is 198 Å².